The van der Waals surface area contributed by atoms with Crippen LogP contribution in [0, 0.1) is 0 Å². The average molecular weight is 287 g/mol. The van der Waals surface area contributed by atoms with Gasteiger partial charge in [0.25, 0.3) is 0 Å². The quantitative estimate of drug-likeness (QED) is 0.841. The molecule has 1 N–H and O–H groups in total. The fourth-order valence-corrected chi connectivity index (χ4v) is 2.58. The van der Waals surface area contributed by atoms with Crippen molar-refractivity contribution < 1.29 is 4.79 Å². The van der Waals surface area contributed by atoms with Gasteiger partial charge in [0, 0.05) is 13.0 Å². The van der Waals surface area contributed by atoms with E-state index in [1.54, 1.807) is 0 Å². The van der Waals surface area contributed by atoms with E-state index in [0.717, 1.165) is 42.7 Å². The number of carbonyl (C=O) groups excluding carboxylic acids is 1. The van der Waals surface area contributed by atoms with Gasteiger partial charge >= 0.3 is 0 Å². The van der Waals surface area contributed by atoms with E-state index in [1.165, 1.54) is 0 Å². The number of rotatable bonds is 7. The van der Waals surface area contributed by atoms with Crippen molar-refractivity contribution in [3.05, 3.63) is 30.1 Å². The molecule has 0 aliphatic heterocycles. The minimum Gasteiger partial charge on any atom is -0.346 e. The molecular formula is C17H25N3O. The summed E-state index contributed by atoms with van der Waals surface area (Å²) in [6, 6.07) is 8.11. The molecule has 1 amide bonds. The Hall–Kier alpha value is -1.84. The van der Waals surface area contributed by atoms with E-state index < -0.39 is 0 Å². The molecule has 1 atom stereocenters. The van der Waals surface area contributed by atoms with E-state index in [9.17, 15) is 4.79 Å². The number of fused-ring (bicyclic) bond motifs is 1. The van der Waals surface area contributed by atoms with Crippen molar-refractivity contribution >= 4 is 16.9 Å². The van der Waals surface area contributed by atoms with Gasteiger partial charge in [-0.3, -0.25) is 4.79 Å². The molecule has 0 saturated carbocycles. The van der Waals surface area contributed by atoms with Crippen LogP contribution in [0.4, 0.5) is 0 Å². The number of hydrogen-bond acceptors (Lipinski definition) is 2. The maximum absolute atomic E-state index is 11.8. The number of benzene rings is 1. The summed E-state index contributed by atoms with van der Waals surface area (Å²) < 4.78 is 2.25. The van der Waals surface area contributed by atoms with Crippen molar-refractivity contribution in [3.63, 3.8) is 0 Å². The van der Waals surface area contributed by atoms with Crippen molar-refractivity contribution in [1.82, 2.24) is 14.9 Å². The number of amides is 1. The van der Waals surface area contributed by atoms with E-state index in [0.29, 0.717) is 6.42 Å². The molecule has 21 heavy (non-hydrogen) atoms. The highest BCUT2D eigenvalue weighted by molar-refractivity contribution is 5.78. The van der Waals surface area contributed by atoms with Crippen LogP contribution in [0.25, 0.3) is 11.0 Å². The largest absolute Gasteiger partial charge is 0.346 e. The zero-order chi connectivity index (χ0) is 15.2. The highest BCUT2D eigenvalue weighted by Crippen LogP contribution is 2.21. The lowest BCUT2D eigenvalue weighted by Gasteiger charge is -2.16. The third-order valence-corrected chi connectivity index (χ3v) is 3.66. The smallest absolute Gasteiger partial charge is 0.220 e. The number of aryl methyl sites for hydroxylation is 1. The van der Waals surface area contributed by atoms with Crippen molar-refractivity contribution in [2.24, 2.45) is 0 Å². The van der Waals surface area contributed by atoms with E-state index >= 15 is 0 Å². The second-order valence-electron chi connectivity index (χ2n) is 5.50. The molecule has 0 aliphatic carbocycles. The van der Waals surface area contributed by atoms with Gasteiger partial charge in [0.15, 0.2) is 0 Å². The molecule has 1 aromatic carbocycles. The predicted octanol–water partition coefficient (Wildman–Crippen LogP) is 3.81. The van der Waals surface area contributed by atoms with Crippen LogP contribution in [-0.2, 0) is 11.3 Å². The Morgan fingerprint density at radius 3 is 2.76 bits per heavy atom. The Kier molecular flexibility index (Phi) is 5.37. The first-order valence-corrected chi connectivity index (χ1v) is 7.91. The second-order valence-corrected chi connectivity index (χ2v) is 5.50. The molecule has 2 rings (SSSR count). The number of aromatic nitrogens is 2. The van der Waals surface area contributed by atoms with Crippen LogP contribution >= 0.6 is 0 Å². The van der Waals surface area contributed by atoms with Gasteiger partial charge in [-0.2, -0.15) is 0 Å². The Labute approximate surface area is 126 Å². The van der Waals surface area contributed by atoms with Crippen molar-refractivity contribution in [2.75, 3.05) is 0 Å². The highest BCUT2D eigenvalue weighted by Gasteiger charge is 2.17. The minimum atomic E-state index is -0.0618. The molecule has 0 fully saturated rings. The summed E-state index contributed by atoms with van der Waals surface area (Å²) in [6.45, 7) is 7.16. The molecule has 0 bridgehead atoms. The van der Waals surface area contributed by atoms with E-state index in [1.807, 2.05) is 32.0 Å². The summed E-state index contributed by atoms with van der Waals surface area (Å²) in [6.07, 6.45) is 3.69. The fourth-order valence-electron chi connectivity index (χ4n) is 2.58. The molecule has 114 valence electrons. The fraction of sp³-hybridized carbons (Fsp3) is 0.529. The maximum atomic E-state index is 11.8. The number of para-hydroxylation sites is 2. The number of unbranched alkanes of at least 4 members (excludes halogenated alkanes) is 1. The minimum absolute atomic E-state index is 0.0618. The number of nitrogens with one attached hydrogen (secondary N) is 1. The van der Waals surface area contributed by atoms with Gasteiger partial charge in [0.1, 0.15) is 5.82 Å². The number of carbonyl (C=O) groups is 1. The van der Waals surface area contributed by atoms with Crippen molar-refractivity contribution in [3.8, 4) is 0 Å². The Bertz CT molecular complexity index is 603. The van der Waals surface area contributed by atoms with Gasteiger partial charge in [0.2, 0.25) is 5.91 Å². The van der Waals surface area contributed by atoms with Crippen LogP contribution in [0.15, 0.2) is 24.3 Å². The van der Waals surface area contributed by atoms with Crippen LogP contribution in [-0.4, -0.2) is 15.5 Å². The number of hydrogen-bond donors (Lipinski definition) is 1. The third kappa shape index (κ3) is 3.63. The number of nitrogens with zero attached hydrogens (tertiary/aromatic N) is 2. The van der Waals surface area contributed by atoms with Gasteiger partial charge < -0.3 is 9.88 Å². The highest BCUT2D eigenvalue weighted by atomic mass is 16.1. The SMILES string of the molecule is CCCCn1c([C@H](C)NC(=O)CCC)nc2ccccc21. The molecule has 4 nitrogen and oxygen atoms in total. The molecule has 1 heterocycles. The van der Waals surface area contributed by atoms with Crippen LogP contribution in [0.3, 0.4) is 0 Å². The van der Waals surface area contributed by atoms with Gasteiger partial charge in [-0.25, -0.2) is 4.98 Å². The molecule has 0 spiro atoms. The Morgan fingerprint density at radius 2 is 2.05 bits per heavy atom. The molecule has 2 aromatic rings. The average Bonchev–Trinajstić information content (AvgIpc) is 2.84. The topological polar surface area (TPSA) is 46.9 Å². The lowest BCUT2D eigenvalue weighted by atomic mass is 10.2. The van der Waals surface area contributed by atoms with Gasteiger partial charge in [-0.05, 0) is 31.9 Å². The monoisotopic (exact) mass is 287 g/mol. The standard InChI is InChI=1S/C17H25N3O/c1-4-6-12-20-15-11-8-7-10-14(15)19-17(20)13(3)18-16(21)9-5-2/h7-8,10-11,13H,4-6,9,12H2,1-3H3,(H,18,21)/t13-/m0/s1. The first kappa shape index (κ1) is 15.5. The van der Waals surface area contributed by atoms with Crippen LogP contribution < -0.4 is 5.32 Å². The molecule has 0 saturated heterocycles. The summed E-state index contributed by atoms with van der Waals surface area (Å²) in [7, 11) is 0. The van der Waals surface area contributed by atoms with Crippen LogP contribution in [0.5, 0.6) is 0 Å². The summed E-state index contributed by atoms with van der Waals surface area (Å²) in [5, 5.41) is 3.05. The molecule has 4 heteroatoms. The first-order valence-electron chi connectivity index (χ1n) is 7.91. The van der Waals surface area contributed by atoms with Crippen molar-refractivity contribution in [1.29, 1.82) is 0 Å². The lowest BCUT2D eigenvalue weighted by Crippen LogP contribution is -2.28. The maximum Gasteiger partial charge on any atom is 0.220 e. The van der Waals surface area contributed by atoms with Gasteiger partial charge in [0.05, 0.1) is 17.1 Å². The molecule has 0 aliphatic rings. The zero-order valence-electron chi connectivity index (χ0n) is 13.2. The van der Waals surface area contributed by atoms with Gasteiger partial charge in [-0.1, -0.05) is 32.4 Å². The predicted molar refractivity (Wildman–Crippen MR) is 86.1 cm³/mol. The van der Waals surface area contributed by atoms with Crippen molar-refractivity contribution in [2.45, 2.75) is 59.0 Å². The molecule has 0 unspecified atom stereocenters. The van der Waals surface area contributed by atoms with E-state index in [-0.39, 0.29) is 11.9 Å². The van der Waals surface area contributed by atoms with E-state index in [2.05, 4.69) is 22.9 Å². The van der Waals surface area contributed by atoms with Crippen LogP contribution in [0.2, 0.25) is 0 Å². The molecule has 1 aromatic heterocycles. The lowest BCUT2D eigenvalue weighted by molar-refractivity contribution is -0.121. The summed E-state index contributed by atoms with van der Waals surface area (Å²) in [5.41, 5.74) is 2.15. The van der Waals surface area contributed by atoms with Gasteiger partial charge in [-0.15, -0.1) is 0 Å². The summed E-state index contributed by atoms with van der Waals surface area (Å²) in [4.78, 5) is 16.5. The summed E-state index contributed by atoms with van der Waals surface area (Å²) in [5.74, 6) is 1.05. The Balaban J connectivity index is 2.30. The second kappa shape index (κ2) is 7.25. The number of imidazole rings is 1. The van der Waals surface area contributed by atoms with Crippen LogP contribution in [0.1, 0.15) is 58.3 Å². The zero-order valence-corrected chi connectivity index (χ0v) is 13.2. The normalized spacial score (nSPS) is 12.5. The molecule has 0 radical (unpaired) electrons. The first-order chi connectivity index (χ1) is 10.2. The van der Waals surface area contributed by atoms with E-state index in [4.69, 9.17) is 4.98 Å². The summed E-state index contributed by atoms with van der Waals surface area (Å²) >= 11 is 0. The molecular weight excluding hydrogens is 262 g/mol. The Morgan fingerprint density at radius 1 is 1.29 bits per heavy atom. The third-order valence-electron chi connectivity index (χ3n) is 3.66.